The maximum Gasteiger partial charge on any atom is 0.291 e. The third-order valence-corrected chi connectivity index (χ3v) is 6.98. The number of hydrogen-bond acceptors (Lipinski definition) is 4. The van der Waals surface area contributed by atoms with Crippen LogP contribution in [0.5, 0.6) is 0 Å². The Hall–Kier alpha value is -4.52. The average Bonchev–Trinajstić information content (AvgIpc) is 3.29. The molecule has 6 rings (SSSR count). The van der Waals surface area contributed by atoms with Crippen molar-refractivity contribution in [1.29, 1.82) is 0 Å². The SMILES string of the molecule is C=CCN1C(=O)[C@@]2(c3ccccc31)c1c(oc3ccc(F)cc3c1=O)C(=O)N2CCc1ccccc1. The second-order valence-electron chi connectivity index (χ2n) is 8.90. The van der Waals surface area contributed by atoms with E-state index in [1.807, 2.05) is 30.3 Å². The highest BCUT2D eigenvalue weighted by atomic mass is 19.1. The first-order valence-corrected chi connectivity index (χ1v) is 11.6. The molecule has 2 aliphatic rings. The van der Waals surface area contributed by atoms with Gasteiger partial charge in [0.1, 0.15) is 11.4 Å². The van der Waals surface area contributed by atoms with Crippen LogP contribution < -0.4 is 10.3 Å². The number of carbonyl (C=O) groups excluding carboxylic acids is 2. The van der Waals surface area contributed by atoms with Gasteiger partial charge in [0.25, 0.3) is 11.8 Å². The van der Waals surface area contributed by atoms with Gasteiger partial charge in [-0.25, -0.2) is 4.39 Å². The van der Waals surface area contributed by atoms with E-state index in [2.05, 4.69) is 6.58 Å². The number of nitrogens with zero attached hydrogens (tertiary/aromatic N) is 2. The number of para-hydroxylation sites is 1. The minimum Gasteiger partial charge on any atom is -0.450 e. The molecule has 0 aliphatic carbocycles. The minimum atomic E-state index is -1.72. The summed E-state index contributed by atoms with van der Waals surface area (Å²) in [4.78, 5) is 45.1. The summed E-state index contributed by atoms with van der Waals surface area (Å²) in [5.74, 6) is -1.78. The first kappa shape index (κ1) is 22.0. The molecule has 4 aromatic rings. The van der Waals surface area contributed by atoms with Crippen molar-refractivity contribution in [2.75, 3.05) is 18.0 Å². The molecule has 0 radical (unpaired) electrons. The van der Waals surface area contributed by atoms with Gasteiger partial charge in [0, 0.05) is 18.7 Å². The third-order valence-electron chi connectivity index (χ3n) is 6.98. The molecule has 1 atom stereocenters. The zero-order valence-corrected chi connectivity index (χ0v) is 19.2. The van der Waals surface area contributed by atoms with E-state index in [0.29, 0.717) is 17.7 Å². The van der Waals surface area contributed by atoms with Gasteiger partial charge in [-0.2, -0.15) is 0 Å². The largest absolute Gasteiger partial charge is 0.450 e. The number of carbonyl (C=O) groups is 2. The summed E-state index contributed by atoms with van der Waals surface area (Å²) < 4.78 is 20.1. The van der Waals surface area contributed by atoms with Crippen molar-refractivity contribution >= 4 is 28.5 Å². The van der Waals surface area contributed by atoms with E-state index in [1.54, 1.807) is 30.3 Å². The molecule has 0 N–H and O–H groups in total. The zero-order chi connectivity index (χ0) is 25.0. The lowest BCUT2D eigenvalue weighted by Gasteiger charge is -2.34. The van der Waals surface area contributed by atoms with E-state index in [1.165, 1.54) is 21.9 Å². The van der Waals surface area contributed by atoms with E-state index in [-0.39, 0.29) is 35.4 Å². The van der Waals surface area contributed by atoms with Gasteiger partial charge in [0.15, 0.2) is 11.0 Å². The van der Waals surface area contributed by atoms with Crippen LogP contribution in [0, 0.1) is 5.82 Å². The fraction of sp³-hybridized carbons (Fsp3) is 0.138. The maximum atomic E-state index is 14.3. The van der Waals surface area contributed by atoms with Crippen LogP contribution in [0.25, 0.3) is 11.0 Å². The fourth-order valence-corrected chi connectivity index (χ4v) is 5.46. The first-order valence-electron chi connectivity index (χ1n) is 11.6. The molecule has 0 bridgehead atoms. The van der Waals surface area contributed by atoms with Crippen molar-refractivity contribution in [1.82, 2.24) is 4.90 Å². The molecule has 0 fully saturated rings. The van der Waals surface area contributed by atoms with Gasteiger partial charge in [0.05, 0.1) is 16.6 Å². The lowest BCUT2D eigenvalue weighted by molar-refractivity contribution is -0.125. The molecule has 178 valence electrons. The summed E-state index contributed by atoms with van der Waals surface area (Å²) in [6.07, 6.45) is 2.06. The summed E-state index contributed by atoms with van der Waals surface area (Å²) >= 11 is 0. The Morgan fingerprint density at radius 1 is 0.972 bits per heavy atom. The van der Waals surface area contributed by atoms with Crippen molar-refractivity contribution in [3.8, 4) is 0 Å². The van der Waals surface area contributed by atoms with Crippen LogP contribution in [0.4, 0.5) is 10.1 Å². The number of hydrogen-bond donors (Lipinski definition) is 0. The van der Waals surface area contributed by atoms with Gasteiger partial charge in [-0.1, -0.05) is 54.6 Å². The third kappa shape index (κ3) is 2.86. The van der Waals surface area contributed by atoms with E-state index in [9.17, 15) is 18.8 Å². The molecule has 0 saturated carbocycles. The monoisotopic (exact) mass is 480 g/mol. The molecular weight excluding hydrogens is 459 g/mol. The first-order chi connectivity index (χ1) is 17.5. The lowest BCUT2D eigenvalue weighted by atomic mass is 9.83. The van der Waals surface area contributed by atoms with Crippen molar-refractivity contribution in [2.45, 2.75) is 12.0 Å². The standard InChI is InChI=1S/C29H21FN2O4/c1-2-15-31-22-11-7-6-10-21(22)29(28(31)35)24-25(33)20-17-19(30)12-13-23(20)36-26(24)27(34)32(29)16-14-18-8-4-3-5-9-18/h2-13,17H,1,14-16H2/t29-/m1/s1. The van der Waals surface area contributed by atoms with Crippen LogP contribution in [0.15, 0.2) is 94.7 Å². The molecule has 2 aliphatic heterocycles. The highest BCUT2D eigenvalue weighted by Gasteiger charge is 2.64. The second kappa shape index (κ2) is 8.02. The van der Waals surface area contributed by atoms with Crippen LogP contribution in [0.1, 0.15) is 27.2 Å². The quantitative estimate of drug-likeness (QED) is 0.397. The number of halogens is 1. The highest BCUT2D eigenvalue weighted by Crippen LogP contribution is 2.52. The zero-order valence-electron chi connectivity index (χ0n) is 19.2. The van der Waals surface area contributed by atoms with Crippen molar-refractivity contribution in [3.63, 3.8) is 0 Å². The number of fused-ring (bicyclic) bond motifs is 5. The van der Waals surface area contributed by atoms with Crippen molar-refractivity contribution < 1.29 is 18.4 Å². The molecule has 3 heterocycles. The molecular formula is C29H21FN2O4. The van der Waals surface area contributed by atoms with Gasteiger partial charge < -0.3 is 14.2 Å². The number of rotatable bonds is 5. The molecule has 0 saturated heterocycles. The summed E-state index contributed by atoms with van der Waals surface area (Å²) in [7, 11) is 0. The smallest absolute Gasteiger partial charge is 0.291 e. The Morgan fingerprint density at radius 3 is 2.50 bits per heavy atom. The number of benzene rings is 3. The Bertz CT molecular complexity index is 1630. The molecule has 36 heavy (non-hydrogen) atoms. The molecule has 6 nitrogen and oxygen atoms in total. The normalized spacial score (nSPS) is 18.2. The maximum absolute atomic E-state index is 14.3. The molecule has 1 spiro atoms. The Kier molecular flexibility index (Phi) is 4.89. The topological polar surface area (TPSA) is 70.8 Å². The van der Waals surface area contributed by atoms with Crippen LogP contribution >= 0.6 is 0 Å². The molecule has 7 heteroatoms. The second-order valence-corrected chi connectivity index (χ2v) is 8.90. The van der Waals surface area contributed by atoms with Crippen LogP contribution in [0.2, 0.25) is 0 Å². The van der Waals surface area contributed by atoms with Crippen molar-refractivity contribution in [2.24, 2.45) is 0 Å². The van der Waals surface area contributed by atoms with E-state index < -0.39 is 28.6 Å². The van der Waals surface area contributed by atoms with E-state index in [4.69, 9.17) is 4.42 Å². The van der Waals surface area contributed by atoms with Crippen molar-refractivity contribution in [3.05, 3.63) is 124 Å². The molecule has 0 unspecified atom stereocenters. The van der Waals surface area contributed by atoms with Gasteiger partial charge in [0.2, 0.25) is 5.76 Å². The van der Waals surface area contributed by atoms with Crippen LogP contribution in [0.3, 0.4) is 0 Å². The summed E-state index contributed by atoms with van der Waals surface area (Å²) in [5, 5.41) is -0.0155. The predicted octanol–water partition coefficient (Wildman–Crippen LogP) is 4.41. The molecule has 3 aromatic carbocycles. The summed E-state index contributed by atoms with van der Waals surface area (Å²) in [6.45, 7) is 4.13. The van der Waals surface area contributed by atoms with Crippen LogP contribution in [-0.2, 0) is 16.8 Å². The van der Waals surface area contributed by atoms with E-state index in [0.717, 1.165) is 11.6 Å². The van der Waals surface area contributed by atoms with Gasteiger partial charge in [-0.05, 0) is 36.2 Å². The Labute approximate surface area is 205 Å². The van der Waals surface area contributed by atoms with E-state index >= 15 is 0 Å². The van der Waals surface area contributed by atoms with Gasteiger partial charge in [-0.15, -0.1) is 6.58 Å². The minimum absolute atomic E-state index is 0.0155. The number of amides is 2. The Balaban J connectivity index is 1.65. The lowest BCUT2D eigenvalue weighted by Crippen LogP contribution is -2.54. The fourth-order valence-electron chi connectivity index (χ4n) is 5.46. The highest BCUT2D eigenvalue weighted by molar-refractivity contribution is 6.17. The van der Waals surface area contributed by atoms with Crippen LogP contribution in [-0.4, -0.2) is 29.8 Å². The average molecular weight is 480 g/mol. The molecule has 1 aromatic heterocycles. The summed E-state index contributed by atoms with van der Waals surface area (Å²) in [6, 6.07) is 20.3. The number of anilines is 1. The van der Waals surface area contributed by atoms with Gasteiger partial charge in [-0.3, -0.25) is 14.4 Å². The summed E-state index contributed by atoms with van der Waals surface area (Å²) in [5.41, 5.74) is -0.207. The Morgan fingerprint density at radius 2 is 1.72 bits per heavy atom. The molecule has 2 amide bonds. The predicted molar refractivity (Wildman–Crippen MR) is 133 cm³/mol. The van der Waals surface area contributed by atoms with Gasteiger partial charge >= 0.3 is 0 Å².